The molecule has 0 spiro atoms. The number of hydrogen-bond donors (Lipinski definition) is 0. The predicted octanol–water partition coefficient (Wildman–Crippen LogP) is 1.30. The maximum Gasteiger partial charge on any atom is 0.147 e. The summed E-state index contributed by atoms with van der Waals surface area (Å²) in [7, 11) is 0. The number of nitrogens with zero attached hydrogens (tertiary/aromatic N) is 5. The van der Waals surface area contributed by atoms with Gasteiger partial charge in [0.05, 0.1) is 12.1 Å². The highest BCUT2D eigenvalue weighted by Gasteiger charge is 2.19. The minimum Gasteiger partial charge on any atom is -0.315 e. The third-order valence-corrected chi connectivity index (χ3v) is 3.31. The molecule has 1 aromatic heterocycles. The van der Waals surface area contributed by atoms with E-state index in [0.717, 1.165) is 18.9 Å². The van der Waals surface area contributed by atoms with Crippen molar-refractivity contribution in [1.29, 1.82) is 5.26 Å². The van der Waals surface area contributed by atoms with Gasteiger partial charge in [-0.3, -0.25) is 4.90 Å². The number of fused-ring (bicyclic) bond motifs is 1. The zero-order chi connectivity index (χ0) is 13.2. The average molecular weight is 257 g/mol. The predicted molar refractivity (Wildman–Crippen MR) is 65.3 cm³/mol. The fraction of sp³-hybridized carbons (Fsp3) is 0.308. The van der Waals surface area contributed by atoms with E-state index in [4.69, 9.17) is 5.26 Å². The van der Waals surface area contributed by atoms with E-state index in [9.17, 15) is 4.39 Å². The average Bonchev–Trinajstić information content (AvgIpc) is 2.88. The van der Waals surface area contributed by atoms with Gasteiger partial charge >= 0.3 is 0 Å². The highest BCUT2D eigenvalue weighted by molar-refractivity contribution is 5.34. The van der Waals surface area contributed by atoms with E-state index in [1.54, 1.807) is 18.5 Å². The lowest BCUT2D eigenvalue weighted by Gasteiger charge is -2.27. The minimum atomic E-state index is -0.419. The van der Waals surface area contributed by atoms with Crippen molar-refractivity contribution in [3.63, 3.8) is 0 Å². The molecule has 0 saturated heterocycles. The molecule has 1 aromatic carbocycles. The van der Waals surface area contributed by atoms with E-state index in [0.29, 0.717) is 18.7 Å². The molecular formula is C13H12FN5. The Morgan fingerprint density at radius 2 is 2.26 bits per heavy atom. The zero-order valence-electron chi connectivity index (χ0n) is 10.3. The molecule has 0 unspecified atom stereocenters. The van der Waals surface area contributed by atoms with Gasteiger partial charge < -0.3 is 4.57 Å². The van der Waals surface area contributed by atoms with E-state index in [1.165, 1.54) is 6.07 Å². The topological polar surface area (TPSA) is 57.7 Å². The molecule has 5 nitrogen and oxygen atoms in total. The van der Waals surface area contributed by atoms with E-state index in [2.05, 4.69) is 15.1 Å². The number of rotatable bonds is 2. The standard InChI is InChI=1S/C13H12FN5/c14-13-10(6-15)2-1-3-11(13)7-18-4-5-19-9-16-17-12(19)8-18/h1-3,9H,4-5,7-8H2. The molecule has 0 fully saturated rings. The largest absolute Gasteiger partial charge is 0.315 e. The smallest absolute Gasteiger partial charge is 0.147 e. The summed E-state index contributed by atoms with van der Waals surface area (Å²) in [5, 5.41) is 16.7. The van der Waals surface area contributed by atoms with Crippen LogP contribution in [-0.2, 0) is 19.6 Å². The van der Waals surface area contributed by atoms with E-state index in [1.807, 2.05) is 10.6 Å². The van der Waals surface area contributed by atoms with Crippen molar-refractivity contribution < 1.29 is 4.39 Å². The van der Waals surface area contributed by atoms with Crippen LogP contribution in [0, 0.1) is 17.1 Å². The van der Waals surface area contributed by atoms with Crippen LogP contribution >= 0.6 is 0 Å². The number of nitriles is 1. The van der Waals surface area contributed by atoms with Crippen LogP contribution in [0.5, 0.6) is 0 Å². The Labute approximate surface area is 109 Å². The molecule has 96 valence electrons. The van der Waals surface area contributed by atoms with Gasteiger partial charge in [0.25, 0.3) is 0 Å². The zero-order valence-corrected chi connectivity index (χ0v) is 10.3. The summed E-state index contributed by atoms with van der Waals surface area (Å²) in [5.41, 5.74) is 0.643. The van der Waals surface area contributed by atoms with Crippen molar-refractivity contribution in [2.75, 3.05) is 6.54 Å². The van der Waals surface area contributed by atoms with Crippen LogP contribution in [0.3, 0.4) is 0 Å². The van der Waals surface area contributed by atoms with Gasteiger partial charge in [-0.05, 0) is 6.07 Å². The maximum atomic E-state index is 14.0. The summed E-state index contributed by atoms with van der Waals surface area (Å²) < 4.78 is 16.0. The number of aromatic nitrogens is 3. The third-order valence-electron chi connectivity index (χ3n) is 3.31. The summed E-state index contributed by atoms with van der Waals surface area (Å²) in [5.74, 6) is 0.472. The van der Waals surface area contributed by atoms with Gasteiger partial charge in [-0.25, -0.2) is 4.39 Å². The second-order valence-electron chi connectivity index (χ2n) is 4.54. The molecule has 0 atom stereocenters. The molecule has 0 amide bonds. The second-order valence-corrected chi connectivity index (χ2v) is 4.54. The Balaban J connectivity index is 1.79. The molecule has 0 radical (unpaired) electrons. The molecule has 0 bridgehead atoms. The Bertz CT molecular complexity index is 643. The first-order valence-electron chi connectivity index (χ1n) is 6.04. The lowest BCUT2D eigenvalue weighted by molar-refractivity contribution is 0.206. The van der Waals surface area contributed by atoms with Crippen molar-refractivity contribution >= 4 is 0 Å². The molecular weight excluding hydrogens is 245 g/mol. The van der Waals surface area contributed by atoms with Crippen LogP contribution in [0.15, 0.2) is 24.5 Å². The molecule has 0 saturated carbocycles. The van der Waals surface area contributed by atoms with E-state index < -0.39 is 5.82 Å². The van der Waals surface area contributed by atoms with Crippen LogP contribution in [0.25, 0.3) is 0 Å². The molecule has 2 heterocycles. The quantitative estimate of drug-likeness (QED) is 0.813. The number of benzene rings is 1. The number of hydrogen-bond acceptors (Lipinski definition) is 4. The summed E-state index contributed by atoms with van der Waals surface area (Å²) >= 11 is 0. The second kappa shape index (κ2) is 4.78. The molecule has 6 heteroatoms. The van der Waals surface area contributed by atoms with Crippen molar-refractivity contribution in [1.82, 2.24) is 19.7 Å². The van der Waals surface area contributed by atoms with E-state index >= 15 is 0 Å². The molecule has 3 rings (SSSR count). The monoisotopic (exact) mass is 257 g/mol. The SMILES string of the molecule is N#Cc1cccc(CN2CCn3cnnc3C2)c1F. The minimum absolute atomic E-state index is 0.0951. The summed E-state index contributed by atoms with van der Waals surface area (Å²) in [4.78, 5) is 2.10. The molecule has 2 aromatic rings. The van der Waals surface area contributed by atoms with Crippen molar-refractivity contribution in [2.24, 2.45) is 0 Å². The molecule has 0 N–H and O–H groups in total. The van der Waals surface area contributed by atoms with Crippen molar-refractivity contribution in [2.45, 2.75) is 19.6 Å². The fourth-order valence-corrected chi connectivity index (χ4v) is 2.28. The van der Waals surface area contributed by atoms with Gasteiger partial charge in [0.2, 0.25) is 0 Å². The van der Waals surface area contributed by atoms with Crippen LogP contribution in [0.4, 0.5) is 4.39 Å². The van der Waals surface area contributed by atoms with Gasteiger partial charge in [0.1, 0.15) is 24.0 Å². The van der Waals surface area contributed by atoms with Crippen LogP contribution < -0.4 is 0 Å². The maximum absolute atomic E-state index is 14.0. The molecule has 1 aliphatic rings. The van der Waals surface area contributed by atoms with Crippen molar-refractivity contribution in [3.8, 4) is 6.07 Å². The highest BCUT2D eigenvalue weighted by Crippen LogP contribution is 2.17. The summed E-state index contributed by atoms with van der Waals surface area (Å²) in [6, 6.07) is 6.79. The summed E-state index contributed by atoms with van der Waals surface area (Å²) in [6.07, 6.45) is 1.71. The highest BCUT2D eigenvalue weighted by atomic mass is 19.1. The molecule has 0 aliphatic carbocycles. The fourth-order valence-electron chi connectivity index (χ4n) is 2.28. The summed E-state index contributed by atoms with van der Waals surface area (Å²) in [6.45, 7) is 2.76. The van der Waals surface area contributed by atoms with Gasteiger partial charge in [-0.2, -0.15) is 5.26 Å². The van der Waals surface area contributed by atoms with Crippen LogP contribution in [0.1, 0.15) is 17.0 Å². The third kappa shape index (κ3) is 2.20. The van der Waals surface area contributed by atoms with Gasteiger partial charge in [-0.1, -0.05) is 12.1 Å². The lowest BCUT2D eigenvalue weighted by Crippen LogP contribution is -2.33. The van der Waals surface area contributed by atoms with E-state index in [-0.39, 0.29) is 5.56 Å². The Morgan fingerprint density at radius 3 is 3.11 bits per heavy atom. The Kier molecular flexibility index (Phi) is 2.97. The molecule has 1 aliphatic heterocycles. The normalized spacial score (nSPS) is 14.9. The Hall–Kier alpha value is -2.26. The van der Waals surface area contributed by atoms with Gasteiger partial charge in [0.15, 0.2) is 0 Å². The van der Waals surface area contributed by atoms with Crippen LogP contribution in [-0.4, -0.2) is 26.2 Å². The lowest BCUT2D eigenvalue weighted by atomic mass is 10.1. The molecule has 19 heavy (non-hydrogen) atoms. The first-order chi connectivity index (χ1) is 9.28. The Morgan fingerprint density at radius 1 is 1.37 bits per heavy atom. The number of halogens is 1. The van der Waals surface area contributed by atoms with Crippen LogP contribution in [0.2, 0.25) is 0 Å². The first kappa shape index (κ1) is 11.8. The van der Waals surface area contributed by atoms with Crippen molar-refractivity contribution in [3.05, 3.63) is 47.3 Å². The van der Waals surface area contributed by atoms with Gasteiger partial charge in [-0.15, -0.1) is 10.2 Å². The van der Waals surface area contributed by atoms with Gasteiger partial charge in [0, 0.05) is 25.2 Å². The first-order valence-corrected chi connectivity index (χ1v) is 6.04.